The highest BCUT2D eigenvalue weighted by atomic mass is 16.5. The second kappa shape index (κ2) is 4.97. The van der Waals surface area contributed by atoms with Gasteiger partial charge in [0.2, 0.25) is 5.88 Å². The van der Waals surface area contributed by atoms with Crippen LogP contribution in [0, 0.1) is 6.92 Å². The third kappa shape index (κ3) is 2.38. The Morgan fingerprint density at radius 2 is 2.06 bits per heavy atom. The molecule has 2 aromatic rings. The summed E-state index contributed by atoms with van der Waals surface area (Å²) in [6, 6.07) is 3.34. The predicted octanol–water partition coefficient (Wildman–Crippen LogP) is 0.853. The molecular formula is C12H14N4O2. The number of aliphatic hydroxyl groups excluding tert-OH is 1. The fourth-order valence-corrected chi connectivity index (χ4v) is 1.60. The molecule has 0 aliphatic rings. The molecule has 1 atom stereocenters. The van der Waals surface area contributed by atoms with Gasteiger partial charge in [-0.05, 0) is 18.6 Å². The van der Waals surface area contributed by atoms with E-state index in [1.807, 2.05) is 6.92 Å². The van der Waals surface area contributed by atoms with E-state index in [9.17, 15) is 5.11 Å². The number of pyridine rings is 1. The van der Waals surface area contributed by atoms with Crippen LogP contribution in [-0.4, -0.2) is 27.2 Å². The molecule has 0 aliphatic carbocycles. The standard InChI is InChI=1S/C12H14N4O2/c1-7-3-8(12(13)14-5-7)11(17)9-4-10(18-2)16-6-15-9/h3-6,11,17H,1-2H3,(H2,13,14). The van der Waals surface area contributed by atoms with E-state index in [0.717, 1.165) is 5.56 Å². The molecule has 3 N–H and O–H groups in total. The highest BCUT2D eigenvalue weighted by molar-refractivity contribution is 5.45. The van der Waals surface area contributed by atoms with Crippen LogP contribution in [-0.2, 0) is 0 Å². The summed E-state index contributed by atoms with van der Waals surface area (Å²) in [7, 11) is 1.50. The van der Waals surface area contributed by atoms with E-state index in [1.165, 1.54) is 13.4 Å². The van der Waals surface area contributed by atoms with Crippen LogP contribution >= 0.6 is 0 Å². The number of nitrogens with zero attached hydrogens (tertiary/aromatic N) is 3. The third-order valence-corrected chi connectivity index (χ3v) is 2.53. The lowest BCUT2D eigenvalue weighted by Gasteiger charge is -2.13. The van der Waals surface area contributed by atoms with Crippen molar-refractivity contribution in [3.8, 4) is 5.88 Å². The van der Waals surface area contributed by atoms with Crippen molar-refractivity contribution < 1.29 is 9.84 Å². The first-order chi connectivity index (χ1) is 8.61. The molecule has 0 fully saturated rings. The van der Waals surface area contributed by atoms with Gasteiger partial charge in [-0.1, -0.05) is 0 Å². The summed E-state index contributed by atoms with van der Waals surface area (Å²) in [6.07, 6.45) is 2.03. The van der Waals surface area contributed by atoms with E-state index < -0.39 is 6.10 Å². The average Bonchev–Trinajstić information content (AvgIpc) is 2.41. The first kappa shape index (κ1) is 12.3. The van der Waals surface area contributed by atoms with Gasteiger partial charge < -0.3 is 15.6 Å². The maximum absolute atomic E-state index is 10.3. The van der Waals surface area contributed by atoms with Crippen molar-refractivity contribution in [2.45, 2.75) is 13.0 Å². The lowest BCUT2D eigenvalue weighted by atomic mass is 10.1. The number of rotatable bonds is 3. The van der Waals surface area contributed by atoms with Gasteiger partial charge in [0.1, 0.15) is 18.2 Å². The number of hydrogen-bond donors (Lipinski definition) is 2. The molecule has 18 heavy (non-hydrogen) atoms. The number of ether oxygens (including phenoxy) is 1. The summed E-state index contributed by atoms with van der Waals surface area (Å²) >= 11 is 0. The lowest BCUT2D eigenvalue weighted by molar-refractivity contribution is 0.214. The van der Waals surface area contributed by atoms with Gasteiger partial charge in [0, 0.05) is 17.8 Å². The Kier molecular flexibility index (Phi) is 3.38. The Labute approximate surface area is 104 Å². The molecule has 6 nitrogen and oxygen atoms in total. The first-order valence-electron chi connectivity index (χ1n) is 5.38. The fourth-order valence-electron chi connectivity index (χ4n) is 1.60. The van der Waals surface area contributed by atoms with Gasteiger partial charge in [0.25, 0.3) is 0 Å². The average molecular weight is 246 g/mol. The molecule has 0 saturated carbocycles. The van der Waals surface area contributed by atoms with E-state index in [-0.39, 0.29) is 5.82 Å². The minimum Gasteiger partial charge on any atom is -0.481 e. The largest absolute Gasteiger partial charge is 0.481 e. The van der Waals surface area contributed by atoms with Crippen molar-refractivity contribution in [3.05, 3.63) is 41.5 Å². The minimum absolute atomic E-state index is 0.283. The van der Waals surface area contributed by atoms with E-state index in [0.29, 0.717) is 17.1 Å². The highest BCUT2D eigenvalue weighted by Gasteiger charge is 2.16. The van der Waals surface area contributed by atoms with Gasteiger partial charge in [0.05, 0.1) is 12.8 Å². The summed E-state index contributed by atoms with van der Waals surface area (Å²) < 4.78 is 4.99. The van der Waals surface area contributed by atoms with Gasteiger partial charge in [-0.25, -0.2) is 15.0 Å². The van der Waals surface area contributed by atoms with Crippen LogP contribution in [0.1, 0.15) is 22.9 Å². The second-order valence-electron chi connectivity index (χ2n) is 3.87. The van der Waals surface area contributed by atoms with Gasteiger partial charge in [0.15, 0.2) is 0 Å². The molecule has 0 aromatic carbocycles. The molecule has 94 valence electrons. The molecule has 0 amide bonds. The molecule has 2 heterocycles. The summed E-state index contributed by atoms with van der Waals surface area (Å²) in [6.45, 7) is 1.88. The maximum atomic E-state index is 10.3. The normalized spacial score (nSPS) is 12.2. The van der Waals surface area contributed by atoms with Crippen molar-refractivity contribution in [3.63, 3.8) is 0 Å². The summed E-state index contributed by atoms with van der Waals surface area (Å²) in [5.41, 5.74) is 7.61. The monoisotopic (exact) mass is 246 g/mol. The summed E-state index contributed by atoms with van der Waals surface area (Å²) in [5, 5.41) is 10.3. The number of nitrogens with two attached hydrogens (primary N) is 1. The van der Waals surface area contributed by atoms with Crippen molar-refractivity contribution in [1.29, 1.82) is 0 Å². The molecule has 0 spiro atoms. The third-order valence-electron chi connectivity index (χ3n) is 2.53. The molecule has 2 rings (SSSR count). The number of aromatic nitrogens is 3. The van der Waals surface area contributed by atoms with Gasteiger partial charge in [-0.15, -0.1) is 0 Å². The molecule has 0 bridgehead atoms. The van der Waals surface area contributed by atoms with Gasteiger partial charge in [-0.3, -0.25) is 0 Å². The highest BCUT2D eigenvalue weighted by Crippen LogP contribution is 2.25. The van der Waals surface area contributed by atoms with E-state index in [4.69, 9.17) is 10.5 Å². The Bertz CT molecular complexity index is 560. The number of methoxy groups -OCH3 is 1. The van der Waals surface area contributed by atoms with E-state index >= 15 is 0 Å². The molecule has 2 aromatic heterocycles. The lowest BCUT2D eigenvalue weighted by Crippen LogP contribution is -2.08. The zero-order chi connectivity index (χ0) is 13.1. The smallest absolute Gasteiger partial charge is 0.216 e. The zero-order valence-corrected chi connectivity index (χ0v) is 10.2. The van der Waals surface area contributed by atoms with Crippen molar-refractivity contribution in [2.75, 3.05) is 12.8 Å². The zero-order valence-electron chi connectivity index (χ0n) is 10.2. The number of anilines is 1. The SMILES string of the molecule is COc1cc(C(O)c2cc(C)cnc2N)ncn1. The van der Waals surface area contributed by atoms with Crippen molar-refractivity contribution in [2.24, 2.45) is 0 Å². The van der Waals surface area contributed by atoms with Crippen LogP contribution in [0.15, 0.2) is 24.7 Å². The number of nitrogen functional groups attached to an aromatic ring is 1. The number of aryl methyl sites for hydroxylation is 1. The summed E-state index contributed by atoms with van der Waals surface area (Å²) in [4.78, 5) is 11.9. The summed E-state index contributed by atoms with van der Waals surface area (Å²) in [5.74, 6) is 0.670. The molecule has 0 aliphatic heterocycles. The van der Waals surface area contributed by atoms with Crippen molar-refractivity contribution >= 4 is 5.82 Å². The minimum atomic E-state index is -0.950. The van der Waals surface area contributed by atoms with Crippen LogP contribution in [0.4, 0.5) is 5.82 Å². The van der Waals surface area contributed by atoms with Gasteiger partial charge in [-0.2, -0.15) is 0 Å². The van der Waals surface area contributed by atoms with Gasteiger partial charge >= 0.3 is 0 Å². The van der Waals surface area contributed by atoms with Crippen LogP contribution in [0.25, 0.3) is 0 Å². The quantitative estimate of drug-likeness (QED) is 0.833. The fraction of sp³-hybridized carbons (Fsp3) is 0.250. The van der Waals surface area contributed by atoms with E-state index in [2.05, 4.69) is 15.0 Å². The van der Waals surface area contributed by atoms with Crippen molar-refractivity contribution in [1.82, 2.24) is 15.0 Å². The second-order valence-corrected chi connectivity index (χ2v) is 3.87. The number of hydrogen-bond acceptors (Lipinski definition) is 6. The first-order valence-corrected chi connectivity index (χ1v) is 5.38. The molecule has 1 unspecified atom stereocenters. The molecule has 0 saturated heterocycles. The Morgan fingerprint density at radius 1 is 1.28 bits per heavy atom. The molecular weight excluding hydrogens is 232 g/mol. The van der Waals surface area contributed by atoms with Crippen LogP contribution in [0.5, 0.6) is 5.88 Å². The molecule has 6 heteroatoms. The van der Waals surface area contributed by atoms with Crippen LogP contribution in [0.2, 0.25) is 0 Å². The predicted molar refractivity (Wildman–Crippen MR) is 66.0 cm³/mol. The van der Waals surface area contributed by atoms with Crippen LogP contribution < -0.4 is 10.5 Å². The Balaban J connectivity index is 2.40. The maximum Gasteiger partial charge on any atom is 0.216 e. The van der Waals surface area contributed by atoms with E-state index in [1.54, 1.807) is 18.3 Å². The Hall–Kier alpha value is -2.21. The molecule has 0 radical (unpaired) electrons. The topological polar surface area (TPSA) is 94.2 Å². The number of aliphatic hydroxyl groups is 1. The Morgan fingerprint density at radius 3 is 2.78 bits per heavy atom. The van der Waals surface area contributed by atoms with Crippen LogP contribution in [0.3, 0.4) is 0 Å².